The summed E-state index contributed by atoms with van der Waals surface area (Å²) in [6.45, 7) is 19.8. The molecule has 17 aromatic rings. The van der Waals surface area contributed by atoms with Gasteiger partial charge in [-0.3, -0.25) is 5.10 Å². The fraction of sp³-hybridized carbons (Fsp3) is 0.374. The Bertz CT molecular complexity index is 6550. The van der Waals surface area contributed by atoms with Gasteiger partial charge < -0.3 is 85.4 Å². The molecule has 24 rings (SSSR count). The number of hydrogen-bond acceptors (Lipinski definition) is 13. The van der Waals surface area contributed by atoms with Crippen molar-refractivity contribution in [2.24, 2.45) is 5.92 Å². The lowest BCUT2D eigenvalue weighted by Gasteiger charge is -2.41. The molecular weight excluding hydrogens is 1810 g/mol. The molecule has 12 heterocycles. The van der Waals surface area contributed by atoms with Crippen LogP contribution in [0.1, 0.15) is 137 Å². The van der Waals surface area contributed by atoms with Crippen molar-refractivity contribution in [2.75, 3.05) is 142 Å². The van der Waals surface area contributed by atoms with Crippen LogP contribution in [0.25, 0.3) is 65.4 Å². The van der Waals surface area contributed by atoms with Gasteiger partial charge in [-0.15, -0.1) is 0 Å². The standard InChI is InChI=1S/C21H31N3.3C21H25N3.C20H21Cl2N3.C19H22N4/c2*1-23-13-10-19(11-14-23)24(16-17-5-3-2-4-6-17)20-7-8-21-18(15-20)9-12-22-21;2*1-2-4-17(5-3-1)11-15-24(19-9-12-22-13-10-19)20-6-7-21-18(16-20)8-14-23-21;21-18-3-1-14(11-19(18)22)13-25(16-6-8-23-9-7-16)17-2-4-20-15(12-17)5-10-24-20;1-2-4-15(5-3-1)14-23(17-8-10-20-11-9-17)18-6-7-19-16(12-18)13-21-22-19/h7-9,12,15,17,19,22H,2-6,10-11,13-14,16H2,1H3;2-9,12,15,19,22H,10-11,13-14,16H2,1H3;2*1-8,14,16,19,22-23H,9-13,15H2;1-5,10-12,16,23-24H,6-9,13H2;1-7,12-13,17,20H,8-11,14H2,(H,21,22). The monoisotopic (exact) mass is 1960 g/mol. The highest BCUT2D eigenvalue weighted by molar-refractivity contribution is 6.42. The van der Waals surface area contributed by atoms with Crippen LogP contribution < -0.4 is 50.7 Å². The largest absolute Gasteiger partial charge is 0.368 e. The number of rotatable bonds is 26. The zero-order valence-corrected chi connectivity index (χ0v) is 86.0. The molecule has 0 bridgehead atoms. The van der Waals surface area contributed by atoms with E-state index in [2.05, 4.69) is 383 Å². The lowest BCUT2D eigenvalue weighted by atomic mass is 9.88. The van der Waals surface area contributed by atoms with E-state index in [0.29, 0.717) is 46.3 Å². The molecule has 750 valence electrons. The first kappa shape index (κ1) is 100. The smallest absolute Gasteiger partial charge is 0.0651 e. The van der Waals surface area contributed by atoms with E-state index < -0.39 is 0 Å². The van der Waals surface area contributed by atoms with Crippen molar-refractivity contribution in [3.63, 3.8) is 0 Å². The fourth-order valence-corrected chi connectivity index (χ4v) is 23.2. The van der Waals surface area contributed by atoms with Gasteiger partial charge in [0.25, 0.3) is 0 Å². The van der Waals surface area contributed by atoms with Crippen LogP contribution in [0.2, 0.25) is 10.0 Å². The van der Waals surface area contributed by atoms with Gasteiger partial charge in [0.1, 0.15) is 0 Å². The molecule has 21 heteroatoms. The van der Waals surface area contributed by atoms with Gasteiger partial charge in [-0.1, -0.05) is 170 Å². The number of H-pyrrole nitrogens is 6. The number of likely N-dealkylation sites (tertiary alicyclic amines) is 2. The summed E-state index contributed by atoms with van der Waals surface area (Å²) in [6, 6.07) is 104. The number of benzene rings is 11. The van der Waals surface area contributed by atoms with Crippen LogP contribution in [0.5, 0.6) is 0 Å². The summed E-state index contributed by atoms with van der Waals surface area (Å²) in [4.78, 5) is 37.1. The van der Waals surface area contributed by atoms with Gasteiger partial charge in [0.15, 0.2) is 0 Å². The van der Waals surface area contributed by atoms with Gasteiger partial charge in [-0.2, -0.15) is 5.10 Å². The molecule has 0 amide bonds. The Hall–Kier alpha value is -12.3. The Morgan fingerprint density at radius 1 is 0.271 bits per heavy atom. The highest BCUT2D eigenvalue weighted by Crippen LogP contribution is 2.38. The molecule has 6 aliphatic heterocycles. The summed E-state index contributed by atoms with van der Waals surface area (Å²) in [5, 5.41) is 29.9. The minimum Gasteiger partial charge on any atom is -0.368 e. The van der Waals surface area contributed by atoms with Crippen LogP contribution in [0.15, 0.2) is 316 Å². The zero-order valence-electron chi connectivity index (χ0n) is 84.5. The first-order valence-electron chi connectivity index (χ1n) is 53.7. The summed E-state index contributed by atoms with van der Waals surface area (Å²) in [6.07, 6.45) is 36.0. The van der Waals surface area contributed by atoms with Crippen LogP contribution in [-0.4, -0.2) is 193 Å². The number of nitrogens with one attached hydrogen (secondary N) is 10. The normalized spacial score (nSPS) is 16.8. The third-order valence-corrected chi connectivity index (χ3v) is 32.0. The molecular formula is C123H149Cl2N19. The number of anilines is 6. The third kappa shape index (κ3) is 27.3. The van der Waals surface area contributed by atoms with Crippen LogP contribution in [0, 0.1) is 5.92 Å². The highest BCUT2D eigenvalue weighted by Gasteiger charge is 2.31. The van der Waals surface area contributed by atoms with E-state index in [-0.39, 0.29) is 0 Å². The summed E-state index contributed by atoms with van der Waals surface area (Å²) < 4.78 is 0. The number of fused-ring (bicyclic) bond motifs is 6. The van der Waals surface area contributed by atoms with E-state index in [0.717, 1.165) is 122 Å². The Morgan fingerprint density at radius 3 is 0.924 bits per heavy atom. The first-order chi connectivity index (χ1) is 71.0. The first-order valence-corrected chi connectivity index (χ1v) is 54.4. The van der Waals surface area contributed by atoms with Gasteiger partial charge in [-0.25, -0.2) is 0 Å². The number of nitrogens with zero attached hydrogens (tertiary/aromatic N) is 9. The van der Waals surface area contributed by atoms with E-state index in [1.54, 1.807) is 0 Å². The van der Waals surface area contributed by atoms with E-state index in [9.17, 15) is 0 Å². The molecule has 6 aromatic heterocycles. The Morgan fingerprint density at radius 2 is 0.569 bits per heavy atom. The van der Waals surface area contributed by atoms with E-state index >= 15 is 0 Å². The molecule has 144 heavy (non-hydrogen) atoms. The van der Waals surface area contributed by atoms with Crippen molar-refractivity contribution in [3.05, 3.63) is 354 Å². The lowest BCUT2D eigenvalue weighted by molar-refractivity contribution is 0.242. The minimum absolute atomic E-state index is 0.520. The van der Waals surface area contributed by atoms with Crippen LogP contribution >= 0.6 is 23.2 Å². The summed E-state index contributed by atoms with van der Waals surface area (Å²) in [5.41, 5.74) is 21.9. The molecule has 6 saturated heterocycles. The topological polar surface area (TPSA) is 182 Å². The maximum absolute atomic E-state index is 6.23. The van der Waals surface area contributed by atoms with Crippen molar-refractivity contribution < 1.29 is 0 Å². The average molecular weight is 1960 g/mol. The summed E-state index contributed by atoms with van der Waals surface area (Å²) in [5.74, 6) is 0.889. The maximum atomic E-state index is 6.23. The summed E-state index contributed by atoms with van der Waals surface area (Å²) >= 11 is 12.3. The number of aromatic amines is 6. The van der Waals surface area contributed by atoms with E-state index in [1.807, 2.05) is 43.1 Å². The fourth-order valence-electron chi connectivity index (χ4n) is 22.9. The van der Waals surface area contributed by atoms with Crippen LogP contribution in [-0.2, 0) is 32.5 Å². The lowest BCUT2D eigenvalue weighted by Crippen LogP contribution is -2.46. The van der Waals surface area contributed by atoms with Crippen LogP contribution in [0.3, 0.4) is 0 Å². The van der Waals surface area contributed by atoms with Gasteiger partial charge in [0.05, 0.1) is 21.8 Å². The van der Waals surface area contributed by atoms with Gasteiger partial charge in [0, 0.05) is 201 Å². The molecule has 0 radical (unpaired) electrons. The van der Waals surface area contributed by atoms with Crippen LogP contribution in [0.4, 0.5) is 34.1 Å². The Labute approximate surface area is 862 Å². The highest BCUT2D eigenvalue weighted by atomic mass is 35.5. The molecule has 11 aromatic carbocycles. The van der Waals surface area contributed by atoms with Crippen molar-refractivity contribution in [1.29, 1.82) is 0 Å². The third-order valence-electron chi connectivity index (χ3n) is 31.2. The molecule has 1 aliphatic carbocycles. The molecule has 1 saturated carbocycles. The number of halogens is 2. The van der Waals surface area contributed by atoms with Gasteiger partial charge in [-0.05, 0) is 381 Å². The molecule has 19 nitrogen and oxygen atoms in total. The summed E-state index contributed by atoms with van der Waals surface area (Å²) in [7, 11) is 4.48. The number of aromatic nitrogens is 7. The van der Waals surface area contributed by atoms with Gasteiger partial charge >= 0.3 is 0 Å². The molecule has 0 spiro atoms. The van der Waals surface area contributed by atoms with E-state index in [1.165, 1.54) is 251 Å². The Kier molecular flexibility index (Phi) is 35.6. The quantitative estimate of drug-likeness (QED) is 0.0248. The van der Waals surface area contributed by atoms with Crippen molar-refractivity contribution in [3.8, 4) is 0 Å². The molecule has 0 atom stereocenters. The SMILES string of the molecule is CN1CCC(N(CC2CCCCC2)c2ccc3[nH]ccc3c2)CC1.CN1CCC(N(Cc2ccccc2)c2ccc3[nH]ccc3c2)CC1.Clc1ccc(CN(c2ccc3[nH]ccc3c2)C2CCNCC2)cc1Cl.c1ccc(CCN(c2ccc3[nH]ccc3c2)C2CCNCC2)cc1.c1ccc(CCN(c2ccc3[nH]ccc3c2)C2CCNCC2)cc1.c1ccc(CN(c2ccc3[nH]ncc3c2)C2CCNCC2)cc1. The zero-order chi connectivity index (χ0) is 97.8. The second-order valence-electron chi connectivity index (χ2n) is 41.0. The predicted octanol–water partition coefficient (Wildman–Crippen LogP) is 25.4. The van der Waals surface area contributed by atoms with Crippen molar-refractivity contribution in [1.82, 2.24) is 66.2 Å². The Balaban J connectivity index is 0.000000109. The molecule has 0 unspecified atom stereocenters. The number of hydrogen-bond donors (Lipinski definition) is 10. The molecule has 7 aliphatic rings. The second-order valence-corrected chi connectivity index (χ2v) is 41.8. The number of piperidine rings is 6. The van der Waals surface area contributed by atoms with Crippen molar-refractivity contribution >= 4 is 123 Å². The maximum Gasteiger partial charge on any atom is 0.0651 e. The van der Waals surface area contributed by atoms with Gasteiger partial charge in [0.2, 0.25) is 0 Å². The average Bonchev–Trinajstić information content (AvgIpc) is 1.10. The molecule has 10 N–H and O–H groups in total. The minimum atomic E-state index is 0.520. The molecule has 7 fully saturated rings. The van der Waals surface area contributed by atoms with E-state index in [4.69, 9.17) is 23.2 Å². The van der Waals surface area contributed by atoms with Crippen molar-refractivity contribution in [2.45, 2.75) is 178 Å². The second kappa shape index (κ2) is 51.0. The predicted molar refractivity (Wildman–Crippen MR) is 609 cm³/mol.